The number of esters is 1. The van der Waals surface area contributed by atoms with Crippen LogP contribution in [0.3, 0.4) is 0 Å². The van der Waals surface area contributed by atoms with Crippen molar-refractivity contribution in [3.05, 3.63) is 59.7 Å². The van der Waals surface area contributed by atoms with Crippen LogP contribution in [0.1, 0.15) is 29.3 Å². The predicted molar refractivity (Wildman–Crippen MR) is 90.3 cm³/mol. The fraction of sp³-hybridized carbons (Fsp3) is 0.263. The van der Waals surface area contributed by atoms with Gasteiger partial charge < -0.3 is 19.5 Å². The standard InChI is InChI=1S/C19H19NO5/c1-2-15(18(21)20-11-13-6-4-3-5-7-13)25-19(22)14-8-9-16-17(10-14)24-12-23-16/h3-10,15H,2,11-12H2,1H3,(H,20,21)/t15-/m0/s1. The number of ether oxygens (including phenoxy) is 3. The van der Waals surface area contributed by atoms with E-state index in [1.54, 1.807) is 25.1 Å². The molecule has 130 valence electrons. The third kappa shape index (κ3) is 4.09. The Balaban J connectivity index is 1.59. The highest BCUT2D eigenvalue weighted by Gasteiger charge is 2.23. The van der Waals surface area contributed by atoms with E-state index in [2.05, 4.69) is 5.32 Å². The van der Waals surface area contributed by atoms with Gasteiger partial charge in [0.1, 0.15) is 0 Å². The van der Waals surface area contributed by atoms with Gasteiger partial charge >= 0.3 is 5.97 Å². The second-order valence-electron chi connectivity index (χ2n) is 5.57. The molecule has 3 rings (SSSR count). The minimum absolute atomic E-state index is 0.132. The summed E-state index contributed by atoms with van der Waals surface area (Å²) in [6, 6.07) is 14.3. The van der Waals surface area contributed by atoms with Crippen molar-refractivity contribution in [2.45, 2.75) is 26.0 Å². The highest BCUT2D eigenvalue weighted by molar-refractivity contribution is 5.93. The van der Waals surface area contributed by atoms with E-state index in [0.717, 1.165) is 5.56 Å². The normalized spacial score (nSPS) is 13.2. The monoisotopic (exact) mass is 341 g/mol. The van der Waals surface area contributed by atoms with Crippen LogP contribution in [-0.4, -0.2) is 24.8 Å². The van der Waals surface area contributed by atoms with Crippen molar-refractivity contribution >= 4 is 11.9 Å². The van der Waals surface area contributed by atoms with Crippen molar-refractivity contribution in [2.24, 2.45) is 0 Å². The molecule has 0 saturated carbocycles. The first kappa shape index (κ1) is 16.8. The summed E-state index contributed by atoms with van der Waals surface area (Å²) in [7, 11) is 0. The molecule has 0 aliphatic carbocycles. The minimum atomic E-state index is -0.846. The van der Waals surface area contributed by atoms with Gasteiger partial charge in [-0.3, -0.25) is 4.79 Å². The maximum absolute atomic E-state index is 12.3. The first-order valence-corrected chi connectivity index (χ1v) is 8.09. The third-order valence-corrected chi connectivity index (χ3v) is 3.83. The molecular formula is C19H19NO5. The van der Waals surface area contributed by atoms with Crippen LogP contribution in [-0.2, 0) is 16.1 Å². The molecule has 25 heavy (non-hydrogen) atoms. The van der Waals surface area contributed by atoms with E-state index in [1.807, 2.05) is 30.3 Å². The molecule has 0 aromatic heterocycles. The fourth-order valence-corrected chi connectivity index (χ4v) is 2.44. The van der Waals surface area contributed by atoms with Crippen molar-refractivity contribution < 1.29 is 23.8 Å². The summed E-state index contributed by atoms with van der Waals surface area (Å²) in [5.74, 6) is 0.195. The summed E-state index contributed by atoms with van der Waals surface area (Å²) in [6.45, 7) is 2.31. The average Bonchev–Trinajstić information content (AvgIpc) is 3.12. The Kier molecular flexibility index (Phi) is 5.18. The maximum atomic E-state index is 12.3. The SMILES string of the molecule is CC[C@H](OC(=O)c1ccc2c(c1)OCO2)C(=O)NCc1ccccc1. The molecule has 1 aliphatic heterocycles. The van der Waals surface area contributed by atoms with Gasteiger partial charge in [0, 0.05) is 6.54 Å². The van der Waals surface area contributed by atoms with Crippen LogP contribution in [0.4, 0.5) is 0 Å². The Morgan fingerprint density at radius 1 is 1.12 bits per heavy atom. The quantitative estimate of drug-likeness (QED) is 0.818. The number of amides is 1. The van der Waals surface area contributed by atoms with Crippen LogP contribution in [0.15, 0.2) is 48.5 Å². The number of carbonyl (C=O) groups is 2. The van der Waals surface area contributed by atoms with Crippen LogP contribution in [0, 0.1) is 0 Å². The molecule has 0 spiro atoms. The number of fused-ring (bicyclic) bond motifs is 1. The lowest BCUT2D eigenvalue weighted by molar-refractivity contribution is -0.130. The Bertz CT molecular complexity index is 760. The zero-order chi connectivity index (χ0) is 17.6. The van der Waals surface area contributed by atoms with Crippen LogP contribution >= 0.6 is 0 Å². The van der Waals surface area contributed by atoms with E-state index in [1.165, 1.54) is 0 Å². The van der Waals surface area contributed by atoms with E-state index in [-0.39, 0.29) is 12.7 Å². The number of nitrogens with one attached hydrogen (secondary N) is 1. The van der Waals surface area contributed by atoms with E-state index in [0.29, 0.717) is 30.0 Å². The smallest absolute Gasteiger partial charge is 0.339 e. The lowest BCUT2D eigenvalue weighted by Gasteiger charge is -2.16. The summed E-state index contributed by atoms with van der Waals surface area (Å²) >= 11 is 0. The number of hydrogen-bond acceptors (Lipinski definition) is 5. The first-order chi connectivity index (χ1) is 12.2. The van der Waals surface area contributed by atoms with Crippen molar-refractivity contribution in [1.82, 2.24) is 5.32 Å². The Labute approximate surface area is 145 Å². The largest absolute Gasteiger partial charge is 0.454 e. The second kappa shape index (κ2) is 7.70. The molecule has 2 aromatic rings. The van der Waals surface area contributed by atoms with Crippen molar-refractivity contribution in [2.75, 3.05) is 6.79 Å². The summed E-state index contributed by atoms with van der Waals surface area (Å²) in [4.78, 5) is 24.6. The zero-order valence-electron chi connectivity index (χ0n) is 13.9. The van der Waals surface area contributed by atoms with Crippen molar-refractivity contribution in [1.29, 1.82) is 0 Å². The van der Waals surface area contributed by atoms with Crippen LogP contribution in [0.2, 0.25) is 0 Å². The highest BCUT2D eigenvalue weighted by atomic mass is 16.7. The molecule has 1 aliphatic rings. The van der Waals surface area contributed by atoms with E-state index in [9.17, 15) is 9.59 Å². The van der Waals surface area contributed by atoms with Crippen LogP contribution in [0.5, 0.6) is 11.5 Å². The lowest BCUT2D eigenvalue weighted by Crippen LogP contribution is -2.37. The Hall–Kier alpha value is -3.02. The van der Waals surface area contributed by atoms with Crippen LogP contribution < -0.4 is 14.8 Å². The summed E-state index contributed by atoms with van der Waals surface area (Å²) in [5, 5.41) is 2.79. The van der Waals surface area contributed by atoms with Crippen LogP contribution in [0.25, 0.3) is 0 Å². The van der Waals surface area contributed by atoms with Crippen molar-refractivity contribution in [3.63, 3.8) is 0 Å². The molecule has 0 radical (unpaired) electrons. The molecule has 0 bridgehead atoms. The van der Waals surface area contributed by atoms with Gasteiger partial charge in [-0.1, -0.05) is 37.3 Å². The number of rotatable bonds is 6. The molecule has 6 heteroatoms. The molecule has 0 saturated heterocycles. The predicted octanol–water partition coefficient (Wildman–Crippen LogP) is 2.67. The molecule has 1 amide bonds. The number of benzene rings is 2. The van der Waals surface area contributed by atoms with Gasteiger partial charge in [-0.2, -0.15) is 0 Å². The van der Waals surface area contributed by atoms with E-state index >= 15 is 0 Å². The summed E-state index contributed by atoms with van der Waals surface area (Å²) in [5.41, 5.74) is 1.30. The second-order valence-corrected chi connectivity index (χ2v) is 5.57. The molecular weight excluding hydrogens is 322 g/mol. The van der Waals surface area contributed by atoms with Gasteiger partial charge in [0.2, 0.25) is 6.79 Å². The van der Waals surface area contributed by atoms with Gasteiger partial charge in [0.05, 0.1) is 5.56 Å². The third-order valence-electron chi connectivity index (χ3n) is 3.83. The summed E-state index contributed by atoms with van der Waals surface area (Å²) < 4.78 is 15.8. The minimum Gasteiger partial charge on any atom is -0.454 e. The van der Waals surface area contributed by atoms with Gasteiger partial charge in [-0.25, -0.2) is 4.79 Å². The highest BCUT2D eigenvalue weighted by Crippen LogP contribution is 2.32. The van der Waals surface area contributed by atoms with E-state index in [4.69, 9.17) is 14.2 Å². The van der Waals surface area contributed by atoms with Gasteiger partial charge in [-0.15, -0.1) is 0 Å². The van der Waals surface area contributed by atoms with Crippen molar-refractivity contribution in [3.8, 4) is 11.5 Å². The fourth-order valence-electron chi connectivity index (χ4n) is 2.44. The van der Waals surface area contributed by atoms with E-state index < -0.39 is 12.1 Å². The molecule has 6 nitrogen and oxygen atoms in total. The lowest BCUT2D eigenvalue weighted by atomic mass is 10.2. The van der Waals surface area contributed by atoms with Gasteiger partial charge in [-0.05, 0) is 30.2 Å². The summed E-state index contributed by atoms with van der Waals surface area (Å²) in [6.07, 6.45) is -0.460. The van der Waals surface area contributed by atoms with Gasteiger partial charge in [0.15, 0.2) is 17.6 Å². The number of carbonyl (C=O) groups excluding carboxylic acids is 2. The van der Waals surface area contributed by atoms with Gasteiger partial charge in [0.25, 0.3) is 5.91 Å². The topological polar surface area (TPSA) is 73.9 Å². The Morgan fingerprint density at radius 2 is 1.88 bits per heavy atom. The Morgan fingerprint density at radius 3 is 2.64 bits per heavy atom. The molecule has 1 atom stereocenters. The molecule has 1 heterocycles. The first-order valence-electron chi connectivity index (χ1n) is 8.09. The maximum Gasteiger partial charge on any atom is 0.339 e. The molecule has 0 fully saturated rings. The number of hydrogen-bond donors (Lipinski definition) is 1. The molecule has 0 unspecified atom stereocenters. The zero-order valence-corrected chi connectivity index (χ0v) is 13.9. The molecule has 2 aromatic carbocycles. The molecule has 1 N–H and O–H groups in total. The average molecular weight is 341 g/mol.